The summed E-state index contributed by atoms with van der Waals surface area (Å²) in [7, 11) is 0. The van der Waals surface area contributed by atoms with Gasteiger partial charge >= 0.3 is 0 Å². The van der Waals surface area contributed by atoms with Crippen LogP contribution in [0.4, 0.5) is 0 Å². The Hall–Kier alpha value is -3.18. The number of aromatic nitrogens is 4. The molecule has 1 heterocycles. The minimum absolute atomic E-state index is 0.460. The first-order valence-electron chi connectivity index (χ1n) is 8.98. The van der Waals surface area contributed by atoms with E-state index in [-0.39, 0.29) is 0 Å². The lowest BCUT2D eigenvalue weighted by Crippen LogP contribution is -2.07. The highest BCUT2D eigenvalue weighted by molar-refractivity contribution is 6.30. The molecular formula is C22H19ClN4O. The lowest BCUT2D eigenvalue weighted by Gasteiger charge is -2.13. The third-order valence-corrected chi connectivity index (χ3v) is 4.73. The second kappa shape index (κ2) is 8.23. The summed E-state index contributed by atoms with van der Waals surface area (Å²) in [6.45, 7) is 2.99. The summed E-state index contributed by atoms with van der Waals surface area (Å²) in [4.78, 5) is 0. The number of hydrogen-bond donors (Lipinski definition) is 0. The van der Waals surface area contributed by atoms with Crippen LogP contribution >= 0.6 is 11.6 Å². The molecule has 0 atom stereocenters. The topological polar surface area (TPSA) is 52.8 Å². The molecule has 0 saturated heterocycles. The number of rotatable bonds is 6. The highest BCUT2D eigenvalue weighted by Gasteiger charge is 2.14. The molecule has 0 bridgehead atoms. The number of hydrogen-bond acceptors (Lipinski definition) is 4. The second-order valence-corrected chi connectivity index (χ2v) is 6.94. The van der Waals surface area contributed by atoms with Gasteiger partial charge in [-0.05, 0) is 46.7 Å². The predicted octanol–water partition coefficient (Wildman–Crippen LogP) is 4.93. The number of halogens is 1. The Kier molecular flexibility index (Phi) is 5.35. The molecule has 0 radical (unpaired) electrons. The van der Waals surface area contributed by atoms with E-state index in [1.165, 1.54) is 0 Å². The van der Waals surface area contributed by atoms with Gasteiger partial charge in [0.1, 0.15) is 12.4 Å². The zero-order chi connectivity index (χ0) is 19.3. The van der Waals surface area contributed by atoms with Gasteiger partial charge in [0.05, 0.1) is 6.54 Å². The monoisotopic (exact) mass is 390 g/mol. The van der Waals surface area contributed by atoms with Crippen LogP contribution in [0.15, 0.2) is 72.8 Å². The van der Waals surface area contributed by atoms with E-state index >= 15 is 0 Å². The Morgan fingerprint density at radius 3 is 2.57 bits per heavy atom. The van der Waals surface area contributed by atoms with Crippen LogP contribution in [-0.4, -0.2) is 20.2 Å². The molecule has 0 amide bonds. The van der Waals surface area contributed by atoms with Crippen LogP contribution in [0.5, 0.6) is 5.75 Å². The van der Waals surface area contributed by atoms with Crippen molar-refractivity contribution >= 4 is 11.6 Å². The Labute approximate surface area is 168 Å². The number of nitrogens with zero attached hydrogens (tertiary/aromatic N) is 4. The Bertz CT molecular complexity index is 1080. The van der Waals surface area contributed by atoms with Crippen molar-refractivity contribution in [3.63, 3.8) is 0 Å². The first-order chi connectivity index (χ1) is 13.7. The third-order valence-electron chi connectivity index (χ3n) is 4.50. The highest BCUT2D eigenvalue weighted by atomic mass is 35.5. The molecule has 6 heteroatoms. The van der Waals surface area contributed by atoms with Crippen molar-refractivity contribution < 1.29 is 4.74 Å². The summed E-state index contributed by atoms with van der Waals surface area (Å²) in [5, 5.41) is 12.9. The van der Waals surface area contributed by atoms with E-state index in [9.17, 15) is 0 Å². The summed E-state index contributed by atoms with van der Waals surface area (Å²) in [5.74, 6) is 1.48. The van der Waals surface area contributed by atoms with Crippen molar-refractivity contribution in [3.8, 4) is 17.1 Å². The average molecular weight is 391 g/mol. The smallest absolute Gasteiger partial charge is 0.182 e. The Balaban J connectivity index is 1.61. The van der Waals surface area contributed by atoms with Gasteiger partial charge in [-0.3, -0.25) is 0 Å². The molecule has 4 aromatic rings. The molecule has 0 unspecified atom stereocenters. The van der Waals surface area contributed by atoms with Gasteiger partial charge in [-0.1, -0.05) is 66.2 Å². The zero-order valence-electron chi connectivity index (χ0n) is 15.4. The molecule has 4 rings (SSSR count). The quantitative estimate of drug-likeness (QED) is 0.468. The standard InChI is InChI=1S/C22H19ClN4O/c1-16-7-5-6-10-20(16)22-24-25-26-27(22)14-18-13-19(23)11-12-21(18)28-15-17-8-3-2-4-9-17/h2-13H,14-15H2,1H3. The van der Waals surface area contributed by atoms with Gasteiger partial charge in [0.2, 0.25) is 0 Å². The Morgan fingerprint density at radius 1 is 0.964 bits per heavy atom. The molecule has 0 aliphatic rings. The van der Waals surface area contributed by atoms with E-state index in [0.717, 1.165) is 28.0 Å². The fourth-order valence-corrected chi connectivity index (χ4v) is 3.23. The van der Waals surface area contributed by atoms with Gasteiger partial charge in [-0.25, -0.2) is 4.68 Å². The normalized spacial score (nSPS) is 10.8. The van der Waals surface area contributed by atoms with Gasteiger partial charge in [0.15, 0.2) is 5.82 Å². The van der Waals surface area contributed by atoms with Crippen molar-refractivity contribution in [1.29, 1.82) is 0 Å². The van der Waals surface area contributed by atoms with Gasteiger partial charge in [0, 0.05) is 16.1 Å². The lowest BCUT2D eigenvalue weighted by molar-refractivity contribution is 0.302. The summed E-state index contributed by atoms with van der Waals surface area (Å²) in [6.07, 6.45) is 0. The fraction of sp³-hybridized carbons (Fsp3) is 0.136. The second-order valence-electron chi connectivity index (χ2n) is 6.50. The van der Waals surface area contributed by atoms with E-state index < -0.39 is 0 Å². The zero-order valence-corrected chi connectivity index (χ0v) is 16.2. The molecule has 0 spiro atoms. The molecule has 0 aliphatic carbocycles. The largest absolute Gasteiger partial charge is 0.489 e. The molecule has 5 nitrogen and oxygen atoms in total. The first-order valence-corrected chi connectivity index (χ1v) is 9.36. The van der Waals surface area contributed by atoms with Crippen molar-refractivity contribution in [2.45, 2.75) is 20.1 Å². The molecular weight excluding hydrogens is 372 g/mol. The predicted molar refractivity (Wildman–Crippen MR) is 109 cm³/mol. The maximum absolute atomic E-state index is 6.24. The van der Waals surface area contributed by atoms with Crippen LogP contribution in [0.25, 0.3) is 11.4 Å². The lowest BCUT2D eigenvalue weighted by atomic mass is 10.1. The maximum atomic E-state index is 6.24. The molecule has 140 valence electrons. The number of benzene rings is 3. The molecule has 0 N–H and O–H groups in total. The highest BCUT2D eigenvalue weighted by Crippen LogP contribution is 2.27. The molecule has 0 saturated carbocycles. The van der Waals surface area contributed by atoms with Gasteiger partial charge in [0.25, 0.3) is 0 Å². The summed E-state index contributed by atoms with van der Waals surface area (Å²) < 4.78 is 7.82. The van der Waals surface area contributed by atoms with Gasteiger partial charge in [-0.2, -0.15) is 0 Å². The Morgan fingerprint density at radius 2 is 1.75 bits per heavy atom. The van der Waals surface area contributed by atoms with Crippen LogP contribution < -0.4 is 4.74 Å². The number of ether oxygens (including phenoxy) is 1. The van der Waals surface area contributed by atoms with Crippen molar-refractivity contribution in [2.24, 2.45) is 0 Å². The van der Waals surface area contributed by atoms with E-state index in [1.807, 2.05) is 79.7 Å². The van der Waals surface area contributed by atoms with Crippen LogP contribution in [-0.2, 0) is 13.2 Å². The van der Waals surface area contributed by atoms with E-state index in [1.54, 1.807) is 4.68 Å². The summed E-state index contributed by atoms with van der Waals surface area (Å²) in [6, 6.07) is 23.7. The molecule has 0 aliphatic heterocycles. The summed E-state index contributed by atoms with van der Waals surface area (Å²) in [5.41, 5.74) is 4.14. The van der Waals surface area contributed by atoms with Gasteiger partial charge < -0.3 is 4.74 Å². The maximum Gasteiger partial charge on any atom is 0.182 e. The summed E-state index contributed by atoms with van der Waals surface area (Å²) >= 11 is 6.24. The van der Waals surface area contributed by atoms with Crippen LogP contribution in [0.3, 0.4) is 0 Å². The average Bonchev–Trinajstić information content (AvgIpc) is 3.16. The third kappa shape index (κ3) is 4.05. The SMILES string of the molecule is Cc1ccccc1-c1nnnn1Cc1cc(Cl)ccc1OCc1ccccc1. The fourth-order valence-electron chi connectivity index (χ4n) is 3.04. The minimum atomic E-state index is 0.460. The first kappa shape index (κ1) is 18.2. The minimum Gasteiger partial charge on any atom is -0.489 e. The van der Waals surface area contributed by atoms with Gasteiger partial charge in [-0.15, -0.1) is 5.10 Å². The number of aryl methyl sites for hydroxylation is 1. The molecule has 0 fully saturated rings. The van der Waals surface area contributed by atoms with E-state index in [0.29, 0.717) is 24.0 Å². The number of tetrazole rings is 1. The molecule has 28 heavy (non-hydrogen) atoms. The van der Waals surface area contributed by atoms with Crippen molar-refractivity contribution in [3.05, 3.63) is 94.5 Å². The molecule has 1 aromatic heterocycles. The van der Waals surface area contributed by atoms with Crippen molar-refractivity contribution in [1.82, 2.24) is 20.2 Å². The van der Waals surface area contributed by atoms with Crippen LogP contribution in [0.2, 0.25) is 5.02 Å². The van der Waals surface area contributed by atoms with E-state index in [4.69, 9.17) is 16.3 Å². The van der Waals surface area contributed by atoms with Crippen LogP contribution in [0, 0.1) is 6.92 Å². The van der Waals surface area contributed by atoms with Crippen molar-refractivity contribution in [2.75, 3.05) is 0 Å². The molecule has 3 aromatic carbocycles. The van der Waals surface area contributed by atoms with E-state index in [2.05, 4.69) is 15.5 Å². The van der Waals surface area contributed by atoms with Crippen LogP contribution in [0.1, 0.15) is 16.7 Å².